The molecule has 0 aliphatic heterocycles. The topological polar surface area (TPSA) is 60.4 Å². The van der Waals surface area contributed by atoms with Crippen LogP contribution in [0.4, 0.5) is 4.39 Å². The molecule has 3 aromatic carbocycles. The molecular weight excluding hydrogens is 359 g/mol. The molecule has 0 aromatic heterocycles. The van der Waals surface area contributed by atoms with Crippen molar-refractivity contribution in [1.82, 2.24) is 0 Å². The van der Waals surface area contributed by atoms with Gasteiger partial charge in [0.1, 0.15) is 5.82 Å². The highest BCUT2D eigenvalue weighted by molar-refractivity contribution is 6.14. The van der Waals surface area contributed by atoms with Gasteiger partial charge in [0.25, 0.3) is 0 Å². The van der Waals surface area contributed by atoms with Gasteiger partial charge in [-0.15, -0.1) is 0 Å². The summed E-state index contributed by atoms with van der Waals surface area (Å²) in [6.07, 6.45) is 0. The first kappa shape index (κ1) is 19.2. The van der Waals surface area contributed by atoms with Crippen LogP contribution in [0.25, 0.3) is 0 Å². The Bertz CT molecular complexity index is 1020. The van der Waals surface area contributed by atoms with Crippen LogP contribution in [0.5, 0.6) is 0 Å². The van der Waals surface area contributed by atoms with Gasteiger partial charge >= 0.3 is 5.97 Å². The Morgan fingerprint density at radius 1 is 0.786 bits per heavy atom. The smallest absolute Gasteiger partial charge is 0.339 e. The molecule has 0 unspecified atom stereocenters. The number of aryl methyl sites for hydroxylation is 1. The van der Waals surface area contributed by atoms with E-state index in [4.69, 9.17) is 4.74 Å². The van der Waals surface area contributed by atoms with Crippen molar-refractivity contribution in [3.8, 4) is 0 Å². The number of hydrogen-bond donors (Lipinski definition) is 0. The van der Waals surface area contributed by atoms with Crippen LogP contribution in [0, 0.1) is 12.7 Å². The number of ether oxygens (including phenoxy) is 1. The molecule has 0 spiro atoms. The number of carbonyl (C=O) groups is 3. The van der Waals surface area contributed by atoms with Crippen molar-refractivity contribution in [3.05, 3.63) is 106 Å². The van der Waals surface area contributed by atoms with Gasteiger partial charge in [-0.1, -0.05) is 48.0 Å². The first-order valence-corrected chi connectivity index (χ1v) is 8.62. The Balaban J connectivity index is 1.75. The van der Waals surface area contributed by atoms with E-state index in [-0.39, 0.29) is 22.5 Å². The van der Waals surface area contributed by atoms with E-state index in [2.05, 4.69) is 0 Å². The van der Waals surface area contributed by atoms with Gasteiger partial charge in [-0.2, -0.15) is 0 Å². The molecule has 0 heterocycles. The normalized spacial score (nSPS) is 10.4. The summed E-state index contributed by atoms with van der Waals surface area (Å²) < 4.78 is 18.0. The minimum absolute atomic E-state index is 0.0833. The van der Waals surface area contributed by atoms with Gasteiger partial charge < -0.3 is 4.74 Å². The molecule has 0 aliphatic rings. The van der Waals surface area contributed by atoms with Crippen molar-refractivity contribution < 1.29 is 23.5 Å². The van der Waals surface area contributed by atoms with Gasteiger partial charge in [-0.25, -0.2) is 9.18 Å². The fourth-order valence-corrected chi connectivity index (χ4v) is 2.65. The summed E-state index contributed by atoms with van der Waals surface area (Å²) in [5.74, 6) is -2.00. The van der Waals surface area contributed by atoms with Gasteiger partial charge in [-0.3, -0.25) is 9.59 Å². The number of ketones is 2. The van der Waals surface area contributed by atoms with Crippen LogP contribution in [-0.4, -0.2) is 24.1 Å². The molecule has 5 heteroatoms. The van der Waals surface area contributed by atoms with Crippen LogP contribution < -0.4 is 0 Å². The lowest BCUT2D eigenvalue weighted by Crippen LogP contribution is -2.17. The molecule has 28 heavy (non-hydrogen) atoms. The third-order valence-electron chi connectivity index (χ3n) is 4.21. The number of carbonyl (C=O) groups excluding carboxylic acids is 3. The number of halogens is 1. The Morgan fingerprint density at radius 2 is 1.36 bits per heavy atom. The highest BCUT2D eigenvalue weighted by atomic mass is 19.1. The van der Waals surface area contributed by atoms with Gasteiger partial charge in [0.2, 0.25) is 0 Å². The van der Waals surface area contributed by atoms with Gasteiger partial charge in [-0.05, 0) is 37.3 Å². The number of benzene rings is 3. The second-order valence-corrected chi connectivity index (χ2v) is 6.25. The maximum absolute atomic E-state index is 12.9. The molecule has 0 atom stereocenters. The van der Waals surface area contributed by atoms with E-state index in [1.165, 1.54) is 18.2 Å². The molecule has 0 amide bonds. The van der Waals surface area contributed by atoms with E-state index in [1.807, 2.05) is 19.1 Å². The molecule has 0 N–H and O–H groups in total. The van der Waals surface area contributed by atoms with E-state index in [0.29, 0.717) is 5.56 Å². The van der Waals surface area contributed by atoms with Crippen molar-refractivity contribution in [3.63, 3.8) is 0 Å². The lowest BCUT2D eigenvalue weighted by atomic mass is 9.98. The number of esters is 1. The van der Waals surface area contributed by atoms with Crippen LogP contribution in [-0.2, 0) is 4.74 Å². The van der Waals surface area contributed by atoms with Gasteiger partial charge in [0.15, 0.2) is 18.2 Å². The molecule has 0 saturated carbocycles. The molecule has 0 radical (unpaired) electrons. The Labute approximate surface area is 161 Å². The molecule has 0 aliphatic carbocycles. The fourth-order valence-electron chi connectivity index (χ4n) is 2.65. The van der Waals surface area contributed by atoms with Crippen molar-refractivity contribution >= 4 is 17.5 Å². The minimum atomic E-state index is -0.772. The molecule has 0 fully saturated rings. The zero-order valence-electron chi connectivity index (χ0n) is 15.1. The third kappa shape index (κ3) is 4.38. The summed E-state index contributed by atoms with van der Waals surface area (Å²) in [6, 6.07) is 18.3. The minimum Gasteiger partial charge on any atom is -0.454 e. The second-order valence-electron chi connectivity index (χ2n) is 6.25. The van der Waals surface area contributed by atoms with E-state index in [0.717, 1.165) is 17.7 Å². The first-order chi connectivity index (χ1) is 13.5. The number of hydrogen-bond acceptors (Lipinski definition) is 4. The lowest BCUT2D eigenvalue weighted by Gasteiger charge is -2.09. The zero-order valence-corrected chi connectivity index (χ0v) is 15.1. The molecule has 0 bridgehead atoms. The predicted octanol–water partition coefficient (Wildman–Crippen LogP) is 4.40. The predicted molar refractivity (Wildman–Crippen MR) is 102 cm³/mol. The highest BCUT2D eigenvalue weighted by Crippen LogP contribution is 2.17. The SMILES string of the molecule is Cc1ccc(C(=O)c2ccccc2C(=O)OCC(=O)c2ccc(F)cc2)cc1. The lowest BCUT2D eigenvalue weighted by molar-refractivity contribution is 0.0473. The molecule has 4 nitrogen and oxygen atoms in total. The van der Waals surface area contributed by atoms with Gasteiger partial charge in [0.05, 0.1) is 5.56 Å². The van der Waals surface area contributed by atoms with E-state index in [1.54, 1.807) is 30.3 Å². The summed E-state index contributed by atoms with van der Waals surface area (Å²) in [7, 11) is 0. The van der Waals surface area contributed by atoms with Crippen LogP contribution >= 0.6 is 0 Å². The molecule has 3 rings (SSSR count). The number of Topliss-reactive ketones (excluding diaryl/α,β-unsaturated/α-hetero) is 1. The van der Waals surface area contributed by atoms with Crippen molar-refractivity contribution in [2.24, 2.45) is 0 Å². The van der Waals surface area contributed by atoms with Crippen LogP contribution in [0.1, 0.15) is 42.2 Å². The van der Waals surface area contributed by atoms with Crippen LogP contribution in [0.3, 0.4) is 0 Å². The fraction of sp³-hybridized carbons (Fsp3) is 0.0870. The molecular formula is C23H17FO4. The monoisotopic (exact) mass is 376 g/mol. The maximum atomic E-state index is 12.9. The largest absolute Gasteiger partial charge is 0.454 e. The Kier molecular flexibility index (Phi) is 5.75. The average Bonchev–Trinajstić information content (AvgIpc) is 2.72. The first-order valence-electron chi connectivity index (χ1n) is 8.62. The Morgan fingerprint density at radius 3 is 2.00 bits per heavy atom. The third-order valence-corrected chi connectivity index (χ3v) is 4.21. The van der Waals surface area contributed by atoms with E-state index < -0.39 is 24.2 Å². The van der Waals surface area contributed by atoms with Crippen molar-refractivity contribution in [2.75, 3.05) is 6.61 Å². The highest BCUT2D eigenvalue weighted by Gasteiger charge is 2.20. The standard InChI is InChI=1S/C23H17FO4/c1-15-6-8-17(9-7-15)22(26)19-4-2-3-5-20(19)23(27)28-14-21(25)16-10-12-18(24)13-11-16/h2-13H,14H2,1H3. The summed E-state index contributed by atoms with van der Waals surface area (Å²) in [5.41, 5.74) is 1.99. The maximum Gasteiger partial charge on any atom is 0.339 e. The summed E-state index contributed by atoms with van der Waals surface area (Å²) >= 11 is 0. The molecule has 140 valence electrons. The molecule has 0 saturated heterocycles. The summed E-state index contributed by atoms with van der Waals surface area (Å²) in [6.45, 7) is 1.41. The average molecular weight is 376 g/mol. The Hall–Kier alpha value is -3.60. The number of rotatable bonds is 6. The van der Waals surface area contributed by atoms with Crippen LogP contribution in [0.15, 0.2) is 72.8 Å². The van der Waals surface area contributed by atoms with E-state index >= 15 is 0 Å². The van der Waals surface area contributed by atoms with Crippen LogP contribution in [0.2, 0.25) is 0 Å². The van der Waals surface area contributed by atoms with E-state index in [9.17, 15) is 18.8 Å². The zero-order chi connectivity index (χ0) is 20.1. The second kappa shape index (κ2) is 8.39. The summed E-state index contributed by atoms with van der Waals surface area (Å²) in [4.78, 5) is 37.3. The van der Waals surface area contributed by atoms with Gasteiger partial charge in [0, 0.05) is 16.7 Å². The van der Waals surface area contributed by atoms with Crippen molar-refractivity contribution in [2.45, 2.75) is 6.92 Å². The quantitative estimate of drug-likeness (QED) is 0.472. The molecule has 3 aromatic rings. The van der Waals surface area contributed by atoms with Crippen molar-refractivity contribution in [1.29, 1.82) is 0 Å². The summed E-state index contributed by atoms with van der Waals surface area (Å²) in [5, 5.41) is 0.